The fourth-order valence-electron chi connectivity index (χ4n) is 3.96. The van der Waals surface area contributed by atoms with Gasteiger partial charge in [-0.1, -0.05) is 82.6 Å². The second kappa shape index (κ2) is 8.94. The molecule has 2 aromatic carbocycles. The third-order valence-electron chi connectivity index (χ3n) is 5.70. The molecule has 0 amide bonds. The molecule has 7 nitrogen and oxygen atoms in total. The number of rotatable bonds is 7. The van der Waals surface area contributed by atoms with Gasteiger partial charge in [-0.2, -0.15) is 0 Å². The van der Waals surface area contributed by atoms with Crippen LogP contribution in [0.4, 0.5) is 0 Å². The molecule has 0 aliphatic carbocycles. The lowest BCUT2D eigenvalue weighted by Crippen LogP contribution is -2.28. The van der Waals surface area contributed by atoms with Crippen LogP contribution in [-0.4, -0.2) is 29.8 Å². The van der Waals surface area contributed by atoms with Gasteiger partial charge < -0.3 is 0 Å². The van der Waals surface area contributed by atoms with E-state index < -0.39 is 0 Å². The molecule has 4 aromatic rings. The van der Waals surface area contributed by atoms with Gasteiger partial charge >= 0.3 is 5.69 Å². The fourth-order valence-corrected chi connectivity index (χ4v) is 3.96. The molecule has 0 aliphatic rings. The minimum Gasteiger partial charge on any atom is -0.299 e. The number of tetrazole rings is 1. The number of nitrogens with one attached hydrogen (secondary N) is 1. The van der Waals surface area contributed by atoms with Crippen molar-refractivity contribution in [2.75, 3.05) is 0 Å². The van der Waals surface area contributed by atoms with E-state index in [0.29, 0.717) is 12.4 Å². The quantitative estimate of drug-likeness (QED) is 0.463. The van der Waals surface area contributed by atoms with Gasteiger partial charge in [0.25, 0.3) is 0 Å². The first-order valence-corrected chi connectivity index (χ1v) is 11.1. The van der Waals surface area contributed by atoms with Gasteiger partial charge in [0.15, 0.2) is 5.82 Å². The zero-order valence-corrected chi connectivity index (χ0v) is 19.2. The lowest BCUT2D eigenvalue weighted by atomic mass is 9.92. The highest BCUT2D eigenvalue weighted by molar-refractivity contribution is 5.80. The first kappa shape index (κ1) is 21.7. The highest BCUT2D eigenvalue weighted by Gasteiger charge is 2.22. The van der Waals surface area contributed by atoms with Gasteiger partial charge in [-0.3, -0.25) is 9.13 Å². The van der Waals surface area contributed by atoms with Crippen LogP contribution in [-0.2, 0) is 18.5 Å². The van der Waals surface area contributed by atoms with Crippen LogP contribution < -0.4 is 5.69 Å². The summed E-state index contributed by atoms with van der Waals surface area (Å²) < 4.78 is 3.78. The molecule has 0 unspecified atom stereocenters. The third kappa shape index (κ3) is 4.42. The Morgan fingerprint density at radius 2 is 1.72 bits per heavy atom. The number of imidazole rings is 1. The smallest absolute Gasteiger partial charge is 0.299 e. The number of benzene rings is 2. The second-order valence-electron chi connectivity index (χ2n) is 9.17. The van der Waals surface area contributed by atoms with Crippen molar-refractivity contribution >= 4 is 0 Å². The van der Waals surface area contributed by atoms with Crippen molar-refractivity contribution in [1.82, 2.24) is 29.8 Å². The Labute approximate surface area is 188 Å². The monoisotopic (exact) mass is 430 g/mol. The highest BCUT2D eigenvalue weighted by atomic mass is 16.1. The summed E-state index contributed by atoms with van der Waals surface area (Å²) in [5, 5.41) is 14.3. The van der Waals surface area contributed by atoms with Gasteiger partial charge in [0.05, 0.1) is 6.54 Å². The molecule has 32 heavy (non-hydrogen) atoms. The Balaban J connectivity index is 1.65. The molecule has 7 heteroatoms. The Bertz CT molecular complexity index is 1230. The molecule has 0 radical (unpaired) electrons. The van der Waals surface area contributed by atoms with E-state index in [1.165, 1.54) is 0 Å². The van der Waals surface area contributed by atoms with Gasteiger partial charge in [-0.05, 0) is 33.5 Å². The maximum absolute atomic E-state index is 13.1. The predicted octanol–water partition coefficient (Wildman–Crippen LogP) is 4.64. The SMILES string of the molecule is CCCCn1cc(C(C)(C)C)n(Cc2ccc(-c3ccccc3-c3nnn[nH]3)cc2)c1=O. The first-order valence-electron chi connectivity index (χ1n) is 11.1. The zero-order chi connectivity index (χ0) is 22.7. The van der Waals surface area contributed by atoms with Gasteiger partial charge in [0.1, 0.15) is 0 Å². The van der Waals surface area contributed by atoms with E-state index in [4.69, 9.17) is 0 Å². The molecule has 2 heterocycles. The summed E-state index contributed by atoms with van der Waals surface area (Å²) in [6.07, 6.45) is 4.10. The Kier molecular flexibility index (Phi) is 6.08. The van der Waals surface area contributed by atoms with Crippen molar-refractivity contribution in [3.8, 4) is 22.5 Å². The van der Waals surface area contributed by atoms with E-state index in [1.54, 1.807) is 0 Å². The predicted molar refractivity (Wildman–Crippen MR) is 126 cm³/mol. The molecular weight excluding hydrogens is 400 g/mol. The summed E-state index contributed by atoms with van der Waals surface area (Å²) >= 11 is 0. The molecule has 0 fully saturated rings. The third-order valence-corrected chi connectivity index (χ3v) is 5.70. The van der Waals surface area contributed by atoms with Crippen LogP contribution in [0.25, 0.3) is 22.5 Å². The first-order chi connectivity index (χ1) is 15.4. The molecular formula is C25H30N6O. The Morgan fingerprint density at radius 1 is 1.00 bits per heavy atom. The number of nitrogens with zero attached hydrogens (tertiary/aromatic N) is 5. The van der Waals surface area contributed by atoms with E-state index in [0.717, 1.165) is 47.3 Å². The van der Waals surface area contributed by atoms with E-state index >= 15 is 0 Å². The normalized spacial score (nSPS) is 11.8. The van der Waals surface area contributed by atoms with Crippen LogP contribution in [0, 0.1) is 0 Å². The van der Waals surface area contributed by atoms with Crippen LogP contribution in [0.2, 0.25) is 0 Å². The fraction of sp³-hybridized carbons (Fsp3) is 0.360. The van der Waals surface area contributed by atoms with Crippen LogP contribution in [0.3, 0.4) is 0 Å². The van der Waals surface area contributed by atoms with Crippen molar-refractivity contribution in [2.24, 2.45) is 0 Å². The number of hydrogen-bond donors (Lipinski definition) is 1. The molecule has 1 N–H and O–H groups in total. The van der Waals surface area contributed by atoms with E-state index in [2.05, 4.69) is 78.7 Å². The number of unbranched alkanes of at least 4 members (excludes halogenated alkanes) is 1. The summed E-state index contributed by atoms with van der Waals surface area (Å²) in [7, 11) is 0. The largest absolute Gasteiger partial charge is 0.328 e. The standard InChI is InChI=1S/C25H30N6O/c1-5-6-15-30-17-22(25(2,3)4)31(24(30)32)16-18-11-13-19(14-12-18)20-9-7-8-10-21(20)23-26-28-29-27-23/h7-14,17H,5-6,15-16H2,1-4H3,(H,26,27,28,29). The van der Waals surface area contributed by atoms with Crippen LogP contribution in [0.5, 0.6) is 0 Å². The zero-order valence-electron chi connectivity index (χ0n) is 19.2. The summed E-state index contributed by atoms with van der Waals surface area (Å²) in [5.41, 5.74) is 5.18. The summed E-state index contributed by atoms with van der Waals surface area (Å²) in [6, 6.07) is 16.4. The average molecular weight is 431 g/mol. The molecule has 2 aromatic heterocycles. The van der Waals surface area contributed by atoms with Crippen molar-refractivity contribution in [2.45, 2.75) is 59.0 Å². The lowest BCUT2D eigenvalue weighted by molar-refractivity contribution is 0.524. The molecule has 4 rings (SSSR count). The molecule has 0 saturated carbocycles. The van der Waals surface area contributed by atoms with E-state index in [1.807, 2.05) is 33.5 Å². The number of hydrogen-bond acceptors (Lipinski definition) is 4. The van der Waals surface area contributed by atoms with E-state index in [9.17, 15) is 4.79 Å². The molecule has 0 bridgehead atoms. The van der Waals surface area contributed by atoms with Gasteiger partial charge in [-0.15, -0.1) is 5.10 Å². The Hall–Kier alpha value is -3.48. The molecule has 0 saturated heterocycles. The van der Waals surface area contributed by atoms with E-state index in [-0.39, 0.29) is 11.1 Å². The number of H-pyrrole nitrogens is 1. The maximum atomic E-state index is 13.1. The van der Waals surface area contributed by atoms with Crippen LogP contribution in [0.1, 0.15) is 51.8 Å². The van der Waals surface area contributed by atoms with Gasteiger partial charge in [0, 0.05) is 29.4 Å². The van der Waals surface area contributed by atoms with Crippen LogP contribution >= 0.6 is 0 Å². The highest BCUT2D eigenvalue weighted by Crippen LogP contribution is 2.30. The lowest BCUT2D eigenvalue weighted by Gasteiger charge is -2.20. The minimum atomic E-state index is -0.110. The number of aromatic amines is 1. The molecule has 0 aliphatic heterocycles. The topological polar surface area (TPSA) is 81.4 Å². The molecule has 0 spiro atoms. The number of aryl methyl sites for hydroxylation is 1. The average Bonchev–Trinajstić information content (AvgIpc) is 3.42. The minimum absolute atomic E-state index is 0.0654. The van der Waals surface area contributed by atoms with Crippen molar-refractivity contribution in [3.05, 3.63) is 76.5 Å². The Morgan fingerprint density at radius 3 is 2.34 bits per heavy atom. The van der Waals surface area contributed by atoms with Crippen molar-refractivity contribution in [3.63, 3.8) is 0 Å². The van der Waals surface area contributed by atoms with Crippen molar-refractivity contribution < 1.29 is 0 Å². The van der Waals surface area contributed by atoms with Crippen LogP contribution in [0.15, 0.2) is 59.5 Å². The van der Waals surface area contributed by atoms with Crippen molar-refractivity contribution in [1.29, 1.82) is 0 Å². The molecule has 166 valence electrons. The van der Waals surface area contributed by atoms with Gasteiger partial charge in [-0.25, -0.2) is 9.89 Å². The second-order valence-corrected chi connectivity index (χ2v) is 9.17. The molecule has 0 atom stereocenters. The number of aromatic nitrogens is 6. The summed E-state index contributed by atoms with van der Waals surface area (Å²) in [4.78, 5) is 13.1. The summed E-state index contributed by atoms with van der Waals surface area (Å²) in [5.74, 6) is 0.638. The van der Waals surface area contributed by atoms with Gasteiger partial charge in [0.2, 0.25) is 0 Å². The summed E-state index contributed by atoms with van der Waals surface area (Å²) in [6.45, 7) is 9.92. The maximum Gasteiger partial charge on any atom is 0.328 e.